The lowest BCUT2D eigenvalue weighted by molar-refractivity contribution is 0.106. The number of aliphatic hydroxyl groups is 1. The van der Waals surface area contributed by atoms with Crippen molar-refractivity contribution in [3.63, 3.8) is 0 Å². The summed E-state index contributed by atoms with van der Waals surface area (Å²) in [5.41, 5.74) is 6.51. The molecule has 0 aromatic carbocycles. The summed E-state index contributed by atoms with van der Waals surface area (Å²) < 4.78 is 29.4. The number of nitrogens with two attached hydrogens (primary N) is 1. The molecule has 0 saturated carbocycles. The van der Waals surface area contributed by atoms with E-state index in [0.717, 1.165) is 0 Å². The first-order valence-electron chi connectivity index (χ1n) is 8.24. The topological polar surface area (TPSA) is 144 Å². The van der Waals surface area contributed by atoms with Gasteiger partial charge in [0.05, 0.1) is 37.7 Å². The van der Waals surface area contributed by atoms with Crippen LogP contribution in [-0.4, -0.2) is 69.1 Å². The van der Waals surface area contributed by atoms with E-state index in [-0.39, 0.29) is 49.0 Å². The summed E-state index contributed by atoms with van der Waals surface area (Å²) in [4.78, 5) is 17.8. The summed E-state index contributed by atoms with van der Waals surface area (Å²) in [6, 6.07) is 0. The van der Waals surface area contributed by atoms with Crippen LogP contribution in [0.5, 0.6) is 5.88 Å². The molecule has 0 saturated heterocycles. The van der Waals surface area contributed by atoms with Gasteiger partial charge in [0.2, 0.25) is 17.5 Å². The number of nitrogen functional groups attached to an aromatic ring is 1. The quantitative estimate of drug-likeness (QED) is 0.476. The van der Waals surface area contributed by atoms with Crippen LogP contribution in [0.2, 0.25) is 0 Å². The monoisotopic (exact) mass is 421 g/mol. The number of methoxy groups -OCH3 is 1. The average Bonchev–Trinajstić information content (AvgIpc) is 3.04. The molecular weight excluding hydrogens is 397 g/mol. The molecule has 1 unspecified atom stereocenters. The average molecular weight is 421 g/mol. The lowest BCUT2D eigenvalue weighted by Gasteiger charge is -2.20. The Hall–Kier alpha value is -1.59. The Bertz CT molecular complexity index is 781. The highest BCUT2D eigenvalue weighted by Gasteiger charge is 2.26. The van der Waals surface area contributed by atoms with E-state index in [0.29, 0.717) is 11.2 Å². The van der Waals surface area contributed by atoms with Gasteiger partial charge in [-0.3, -0.25) is 4.57 Å². The number of thioether (sulfide) groups is 1. The van der Waals surface area contributed by atoms with Gasteiger partial charge in [0.25, 0.3) is 0 Å². The maximum absolute atomic E-state index is 12.5. The molecule has 2 heterocycles. The van der Waals surface area contributed by atoms with Crippen LogP contribution >= 0.6 is 19.4 Å². The van der Waals surface area contributed by atoms with Gasteiger partial charge in [-0.1, -0.05) is 0 Å². The molecule has 0 fully saturated rings. The maximum atomic E-state index is 12.5. The van der Waals surface area contributed by atoms with Crippen LogP contribution in [-0.2, 0) is 13.6 Å². The summed E-state index contributed by atoms with van der Waals surface area (Å²) in [6.07, 6.45) is 1.41. The molecule has 13 heteroatoms. The number of imidazole rings is 1. The second kappa shape index (κ2) is 10.1. The van der Waals surface area contributed by atoms with E-state index in [1.54, 1.807) is 13.8 Å². The molecule has 27 heavy (non-hydrogen) atoms. The number of anilines is 1. The predicted octanol–water partition coefficient (Wildman–Crippen LogP) is 1.16. The summed E-state index contributed by atoms with van der Waals surface area (Å²) in [7, 11) is -1.75. The van der Waals surface area contributed by atoms with Crippen molar-refractivity contribution in [1.82, 2.24) is 19.7 Å². The second-order valence-corrected chi connectivity index (χ2v) is 8.95. The Kier molecular flexibility index (Phi) is 8.11. The SMILES string of the molecule is CCOP(=O)(CSC(CO)COn1cnc2c(OC)nc(N)nc21)OCC. The van der Waals surface area contributed by atoms with Gasteiger partial charge in [-0.25, -0.2) is 4.98 Å². The van der Waals surface area contributed by atoms with Gasteiger partial charge in [0.1, 0.15) is 12.9 Å². The van der Waals surface area contributed by atoms with Crippen LogP contribution < -0.4 is 15.3 Å². The Labute approximate surface area is 161 Å². The van der Waals surface area contributed by atoms with Crippen LogP contribution in [0.15, 0.2) is 6.33 Å². The van der Waals surface area contributed by atoms with Gasteiger partial charge in [-0.15, -0.1) is 11.8 Å². The number of hydrogen-bond acceptors (Lipinski definition) is 11. The highest BCUT2D eigenvalue weighted by atomic mass is 32.2. The predicted molar refractivity (Wildman–Crippen MR) is 102 cm³/mol. The van der Waals surface area contributed by atoms with Gasteiger partial charge >= 0.3 is 7.60 Å². The number of aliphatic hydroxyl groups excluding tert-OH is 1. The van der Waals surface area contributed by atoms with Crippen LogP contribution in [0.4, 0.5) is 5.95 Å². The Morgan fingerprint density at radius 3 is 2.63 bits per heavy atom. The smallest absolute Gasteiger partial charge is 0.340 e. The Balaban J connectivity index is 2.02. The van der Waals surface area contributed by atoms with E-state index in [1.165, 1.54) is 29.9 Å². The minimum Gasteiger partial charge on any atom is -0.479 e. The molecule has 0 radical (unpaired) electrons. The highest BCUT2D eigenvalue weighted by molar-refractivity contribution is 8.05. The first kappa shape index (κ1) is 21.7. The van der Waals surface area contributed by atoms with E-state index in [9.17, 15) is 9.67 Å². The standard InChI is InChI=1S/C14H24N5O6PS/c1-4-24-26(21,25-5-2)9-27-10(6-20)7-23-19-8-16-11-12(19)17-14(15)18-13(11)22-3/h8,10,20H,4-7,9H2,1-3H3,(H2,15,17,18). The highest BCUT2D eigenvalue weighted by Crippen LogP contribution is 2.51. The van der Waals surface area contributed by atoms with Crippen molar-refractivity contribution in [2.75, 3.05) is 44.8 Å². The van der Waals surface area contributed by atoms with Crippen LogP contribution in [0.25, 0.3) is 11.2 Å². The molecule has 2 aromatic rings. The molecule has 0 aliphatic rings. The molecular formula is C14H24N5O6PS. The molecule has 11 nitrogen and oxygen atoms in total. The number of fused-ring (bicyclic) bond motifs is 1. The van der Waals surface area contributed by atoms with Crippen molar-refractivity contribution in [3.8, 4) is 5.88 Å². The minimum absolute atomic E-state index is 0.0205. The zero-order valence-corrected chi connectivity index (χ0v) is 17.1. The number of rotatable bonds is 12. The Morgan fingerprint density at radius 2 is 2.04 bits per heavy atom. The molecule has 1 atom stereocenters. The third-order valence-corrected chi connectivity index (χ3v) is 7.19. The van der Waals surface area contributed by atoms with Crippen LogP contribution in [0.1, 0.15) is 13.8 Å². The lowest BCUT2D eigenvalue weighted by atomic mass is 10.5. The normalized spacial score (nSPS) is 13.0. The fraction of sp³-hybridized carbons (Fsp3) is 0.643. The van der Waals surface area contributed by atoms with Crippen LogP contribution in [0, 0.1) is 0 Å². The van der Waals surface area contributed by atoms with E-state index < -0.39 is 7.60 Å². The first-order valence-corrected chi connectivity index (χ1v) is 11.0. The lowest BCUT2D eigenvalue weighted by Crippen LogP contribution is -2.25. The molecule has 0 spiro atoms. The van der Waals surface area contributed by atoms with Gasteiger partial charge in [0, 0.05) is 0 Å². The number of ether oxygens (including phenoxy) is 1. The van der Waals surface area contributed by atoms with E-state index >= 15 is 0 Å². The molecule has 0 bridgehead atoms. The van der Waals surface area contributed by atoms with Crippen molar-refractivity contribution >= 4 is 36.5 Å². The molecule has 0 amide bonds. The zero-order chi connectivity index (χ0) is 19.9. The van der Waals surface area contributed by atoms with Crippen molar-refractivity contribution in [2.45, 2.75) is 19.1 Å². The van der Waals surface area contributed by atoms with Gasteiger partial charge in [-0.2, -0.15) is 14.7 Å². The van der Waals surface area contributed by atoms with E-state index in [4.69, 9.17) is 24.4 Å². The molecule has 3 N–H and O–H groups in total. The zero-order valence-electron chi connectivity index (χ0n) is 15.4. The van der Waals surface area contributed by atoms with Crippen molar-refractivity contribution in [2.24, 2.45) is 0 Å². The third-order valence-electron chi connectivity index (χ3n) is 3.27. The second-order valence-electron chi connectivity index (χ2n) is 5.18. The largest absolute Gasteiger partial charge is 0.479 e. The van der Waals surface area contributed by atoms with Crippen molar-refractivity contribution in [3.05, 3.63) is 6.33 Å². The van der Waals surface area contributed by atoms with Crippen molar-refractivity contribution < 1.29 is 28.3 Å². The van der Waals surface area contributed by atoms with Gasteiger partial charge in [-0.05, 0) is 13.8 Å². The van der Waals surface area contributed by atoms with E-state index in [1.807, 2.05) is 0 Å². The molecule has 2 aromatic heterocycles. The number of nitrogens with zero attached hydrogens (tertiary/aromatic N) is 4. The fourth-order valence-corrected chi connectivity index (χ4v) is 5.42. The summed E-state index contributed by atoms with van der Waals surface area (Å²) in [5.74, 6) is 0.259. The number of aromatic nitrogens is 4. The van der Waals surface area contributed by atoms with Crippen molar-refractivity contribution in [1.29, 1.82) is 0 Å². The maximum Gasteiger partial charge on any atom is 0.340 e. The first-order chi connectivity index (χ1) is 13.0. The third kappa shape index (κ3) is 5.69. The summed E-state index contributed by atoms with van der Waals surface area (Å²) in [5, 5.41) is 9.23. The molecule has 0 aliphatic heterocycles. The van der Waals surface area contributed by atoms with Gasteiger partial charge < -0.3 is 29.5 Å². The molecule has 2 rings (SSSR count). The molecule has 0 aliphatic carbocycles. The minimum atomic E-state index is -3.20. The summed E-state index contributed by atoms with van der Waals surface area (Å²) in [6.45, 7) is 3.97. The van der Waals surface area contributed by atoms with Gasteiger partial charge in [0.15, 0.2) is 5.52 Å². The Morgan fingerprint density at radius 1 is 1.33 bits per heavy atom. The van der Waals surface area contributed by atoms with Crippen LogP contribution in [0.3, 0.4) is 0 Å². The van der Waals surface area contributed by atoms with E-state index in [2.05, 4.69) is 15.0 Å². The number of hydrogen-bond donors (Lipinski definition) is 2. The molecule has 152 valence electrons. The summed E-state index contributed by atoms with van der Waals surface area (Å²) >= 11 is 1.24. The fourth-order valence-electron chi connectivity index (χ4n) is 2.13.